The van der Waals surface area contributed by atoms with Crippen molar-refractivity contribution in [3.63, 3.8) is 0 Å². The first-order chi connectivity index (χ1) is 12.1. The Hall–Kier alpha value is -2.37. The lowest BCUT2D eigenvalue weighted by Gasteiger charge is -2.30. The van der Waals surface area contributed by atoms with Crippen LogP contribution in [0.15, 0.2) is 65.9 Å². The van der Waals surface area contributed by atoms with Crippen LogP contribution in [0, 0.1) is 0 Å². The standard InChI is InChI=1S/C19H18ClN3OS/c1-12-16(18(24)21-11-13-7-3-2-4-8-13)17(23-19(25)22-12)14-9-5-6-10-15(14)20/h2-10,17H,11H2,1H3,(H,21,24)(H2,22,23,25). The number of benzene rings is 2. The van der Waals surface area contributed by atoms with Crippen LogP contribution in [0.2, 0.25) is 5.02 Å². The summed E-state index contributed by atoms with van der Waals surface area (Å²) in [5.74, 6) is -0.159. The summed E-state index contributed by atoms with van der Waals surface area (Å²) in [5.41, 5.74) is 3.16. The summed E-state index contributed by atoms with van der Waals surface area (Å²) < 4.78 is 0. The smallest absolute Gasteiger partial charge is 0.251 e. The van der Waals surface area contributed by atoms with E-state index in [1.165, 1.54) is 0 Å². The zero-order valence-corrected chi connectivity index (χ0v) is 15.2. The number of allylic oxidation sites excluding steroid dienone is 1. The molecule has 1 atom stereocenters. The molecule has 0 aliphatic carbocycles. The molecule has 0 bridgehead atoms. The summed E-state index contributed by atoms with van der Waals surface area (Å²) in [5, 5.41) is 10.2. The Kier molecular flexibility index (Phi) is 5.36. The molecule has 0 fully saturated rings. The molecule has 1 amide bonds. The summed E-state index contributed by atoms with van der Waals surface area (Å²) in [6.45, 7) is 2.30. The molecule has 1 unspecified atom stereocenters. The molecule has 0 saturated carbocycles. The monoisotopic (exact) mass is 371 g/mol. The molecular formula is C19H18ClN3OS. The lowest BCUT2D eigenvalue weighted by atomic mass is 9.95. The highest BCUT2D eigenvalue weighted by Gasteiger charge is 2.30. The van der Waals surface area contributed by atoms with E-state index < -0.39 is 6.04 Å². The summed E-state index contributed by atoms with van der Waals surface area (Å²) >= 11 is 11.6. The van der Waals surface area contributed by atoms with Gasteiger partial charge in [0, 0.05) is 17.3 Å². The van der Waals surface area contributed by atoms with Crippen molar-refractivity contribution in [2.75, 3.05) is 0 Å². The fourth-order valence-electron chi connectivity index (χ4n) is 2.81. The summed E-state index contributed by atoms with van der Waals surface area (Å²) in [7, 11) is 0. The number of carbonyl (C=O) groups excluding carboxylic acids is 1. The highest BCUT2D eigenvalue weighted by Crippen LogP contribution is 2.31. The lowest BCUT2D eigenvalue weighted by Crippen LogP contribution is -2.46. The summed E-state index contributed by atoms with van der Waals surface area (Å²) in [4.78, 5) is 12.8. The molecule has 6 heteroatoms. The average Bonchev–Trinajstić information content (AvgIpc) is 2.60. The number of hydrogen-bond acceptors (Lipinski definition) is 2. The average molecular weight is 372 g/mol. The minimum atomic E-state index is -0.391. The first kappa shape index (κ1) is 17.5. The van der Waals surface area contributed by atoms with Crippen LogP contribution in [0.5, 0.6) is 0 Å². The zero-order chi connectivity index (χ0) is 17.8. The van der Waals surface area contributed by atoms with Gasteiger partial charge in [0.25, 0.3) is 5.91 Å². The van der Waals surface area contributed by atoms with E-state index in [2.05, 4.69) is 16.0 Å². The van der Waals surface area contributed by atoms with E-state index in [1.807, 2.05) is 55.5 Å². The van der Waals surface area contributed by atoms with Crippen LogP contribution in [0.4, 0.5) is 0 Å². The molecule has 0 spiro atoms. The second-order valence-corrected chi connectivity index (χ2v) is 6.58. The highest BCUT2D eigenvalue weighted by molar-refractivity contribution is 7.80. The number of rotatable bonds is 4. The maximum absolute atomic E-state index is 12.8. The number of hydrogen-bond donors (Lipinski definition) is 3. The Morgan fingerprint density at radius 2 is 1.84 bits per heavy atom. The van der Waals surface area contributed by atoms with Crippen LogP contribution in [-0.4, -0.2) is 11.0 Å². The quantitative estimate of drug-likeness (QED) is 0.720. The highest BCUT2D eigenvalue weighted by atomic mass is 35.5. The third kappa shape index (κ3) is 4.00. The van der Waals surface area contributed by atoms with Gasteiger partial charge in [0.2, 0.25) is 0 Å². The van der Waals surface area contributed by atoms with Gasteiger partial charge < -0.3 is 16.0 Å². The van der Waals surface area contributed by atoms with Crippen LogP contribution in [0.1, 0.15) is 24.1 Å². The Morgan fingerprint density at radius 3 is 2.56 bits per heavy atom. The van der Waals surface area contributed by atoms with Gasteiger partial charge in [-0.1, -0.05) is 60.1 Å². The van der Waals surface area contributed by atoms with Crippen molar-refractivity contribution in [3.05, 3.63) is 82.0 Å². The van der Waals surface area contributed by atoms with Gasteiger partial charge in [-0.15, -0.1) is 0 Å². The molecule has 128 valence electrons. The summed E-state index contributed by atoms with van der Waals surface area (Å²) in [6, 6.07) is 16.8. The van der Waals surface area contributed by atoms with Gasteiger partial charge in [-0.05, 0) is 36.3 Å². The number of amides is 1. The predicted molar refractivity (Wildman–Crippen MR) is 104 cm³/mol. The fourth-order valence-corrected chi connectivity index (χ4v) is 3.33. The second-order valence-electron chi connectivity index (χ2n) is 5.76. The van der Waals surface area contributed by atoms with Crippen molar-refractivity contribution in [2.24, 2.45) is 0 Å². The van der Waals surface area contributed by atoms with Crippen LogP contribution in [-0.2, 0) is 11.3 Å². The topological polar surface area (TPSA) is 53.2 Å². The minimum Gasteiger partial charge on any atom is -0.351 e. The van der Waals surface area contributed by atoms with E-state index in [-0.39, 0.29) is 5.91 Å². The molecule has 25 heavy (non-hydrogen) atoms. The number of thiocarbonyl (C=S) groups is 1. The molecular weight excluding hydrogens is 354 g/mol. The van der Waals surface area contributed by atoms with Gasteiger partial charge in [0.15, 0.2) is 5.11 Å². The Morgan fingerprint density at radius 1 is 1.16 bits per heavy atom. The number of nitrogens with one attached hydrogen (secondary N) is 3. The van der Waals surface area contributed by atoms with Crippen molar-refractivity contribution >= 4 is 34.8 Å². The van der Waals surface area contributed by atoms with Gasteiger partial charge in [-0.25, -0.2) is 0 Å². The van der Waals surface area contributed by atoms with Gasteiger partial charge in [0.1, 0.15) is 0 Å². The van der Waals surface area contributed by atoms with Crippen LogP contribution >= 0.6 is 23.8 Å². The van der Waals surface area contributed by atoms with Gasteiger partial charge >= 0.3 is 0 Å². The third-order valence-corrected chi connectivity index (χ3v) is 4.59. The van der Waals surface area contributed by atoms with Gasteiger partial charge in [-0.2, -0.15) is 0 Å². The maximum Gasteiger partial charge on any atom is 0.251 e. The van der Waals surface area contributed by atoms with Crippen molar-refractivity contribution < 1.29 is 4.79 Å². The lowest BCUT2D eigenvalue weighted by molar-refractivity contribution is -0.118. The third-order valence-electron chi connectivity index (χ3n) is 4.03. The molecule has 2 aromatic carbocycles. The molecule has 3 N–H and O–H groups in total. The second kappa shape index (κ2) is 7.68. The van der Waals surface area contributed by atoms with E-state index in [9.17, 15) is 4.79 Å². The Labute approximate surface area is 157 Å². The zero-order valence-electron chi connectivity index (χ0n) is 13.7. The molecule has 0 saturated heterocycles. The molecule has 4 nitrogen and oxygen atoms in total. The van der Waals surface area contributed by atoms with Gasteiger partial charge in [0.05, 0.1) is 11.6 Å². The van der Waals surface area contributed by atoms with E-state index in [0.717, 1.165) is 16.8 Å². The van der Waals surface area contributed by atoms with Crippen molar-refractivity contribution in [3.8, 4) is 0 Å². The number of carbonyl (C=O) groups is 1. The minimum absolute atomic E-state index is 0.159. The van der Waals surface area contributed by atoms with Crippen LogP contribution in [0.25, 0.3) is 0 Å². The Balaban J connectivity index is 1.87. The van der Waals surface area contributed by atoms with E-state index in [1.54, 1.807) is 6.07 Å². The fraction of sp³-hybridized carbons (Fsp3) is 0.158. The van der Waals surface area contributed by atoms with Crippen molar-refractivity contribution in [1.82, 2.24) is 16.0 Å². The molecule has 1 aliphatic rings. The molecule has 3 rings (SSSR count). The Bertz CT molecular complexity index is 836. The SMILES string of the molecule is CC1=C(C(=O)NCc2ccccc2)C(c2ccccc2Cl)NC(=S)N1. The molecule has 0 radical (unpaired) electrons. The van der Waals surface area contributed by atoms with E-state index in [4.69, 9.17) is 23.8 Å². The van der Waals surface area contributed by atoms with Crippen LogP contribution < -0.4 is 16.0 Å². The van der Waals surface area contributed by atoms with E-state index in [0.29, 0.717) is 22.3 Å². The van der Waals surface area contributed by atoms with Crippen molar-refractivity contribution in [2.45, 2.75) is 19.5 Å². The molecule has 1 heterocycles. The summed E-state index contributed by atoms with van der Waals surface area (Å²) in [6.07, 6.45) is 0. The van der Waals surface area contributed by atoms with Gasteiger partial charge in [-0.3, -0.25) is 4.79 Å². The molecule has 2 aromatic rings. The first-order valence-corrected chi connectivity index (χ1v) is 8.69. The normalized spacial score (nSPS) is 16.9. The van der Waals surface area contributed by atoms with Crippen molar-refractivity contribution in [1.29, 1.82) is 0 Å². The largest absolute Gasteiger partial charge is 0.351 e. The molecule has 0 aromatic heterocycles. The number of halogens is 1. The first-order valence-electron chi connectivity index (χ1n) is 7.91. The van der Waals surface area contributed by atoms with E-state index >= 15 is 0 Å². The predicted octanol–water partition coefficient (Wildman–Crippen LogP) is 3.45. The molecule has 1 aliphatic heterocycles. The maximum atomic E-state index is 12.8. The van der Waals surface area contributed by atoms with Crippen LogP contribution in [0.3, 0.4) is 0 Å².